The average Bonchev–Trinajstić information content (AvgIpc) is 3.24. The van der Waals surface area contributed by atoms with Crippen molar-refractivity contribution in [3.05, 3.63) is 0 Å². The van der Waals surface area contributed by atoms with Crippen LogP contribution in [0, 0.1) is 5.92 Å². The monoisotopic (exact) mass is 430 g/mol. The van der Waals surface area contributed by atoms with Crippen LogP contribution in [0.1, 0.15) is 46.5 Å². The lowest BCUT2D eigenvalue weighted by Crippen LogP contribution is -2.55. The number of amides is 1. The van der Waals surface area contributed by atoms with E-state index in [1.165, 1.54) is 4.90 Å². The highest BCUT2D eigenvalue weighted by atomic mass is 32.2. The van der Waals surface area contributed by atoms with E-state index in [-0.39, 0.29) is 30.2 Å². The van der Waals surface area contributed by atoms with E-state index < -0.39 is 41.3 Å². The quantitative estimate of drug-likeness (QED) is 0.433. The number of carbonyl (C=O) groups is 4. The SMILES string of the molecule is CCOC(=O)C(C)SC[C@H](N[C@@H](C)C(=O)N1[C@H](C(=O)O)C[C@@H]2CCC[C@@H]21)C(=O)O. The number of fused-ring (bicyclic) bond motifs is 1. The first-order valence-electron chi connectivity index (χ1n) is 9.99. The van der Waals surface area contributed by atoms with Gasteiger partial charge in [0, 0.05) is 11.8 Å². The Kier molecular flexibility index (Phi) is 8.33. The molecule has 1 aliphatic carbocycles. The minimum atomic E-state index is -1.14. The van der Waals surface area contributed by atoms with Gasteiger partial charge in [0.25, 0.3) is 0 Å². The van der Waals surface area contributed by atoms with Gasteiger partial charge >= 0.3 is 17.9 Å². The van der Waals surface area contributed by atoms with Gasteiger partial charge in [0.2, 0.25) is 5.91 Å². The molecule has 0 aromatic rings. The van der Waals surface area contributed by atoms with Gasteiger partial charge in [-0.2, -0.15) is 0 Å². The summed E-state index contributed by atoms with van der Waals surface area (Å²) in [7, 11) is 0. The average molecular weight is 431 g/mol. The van der Waals surface area contributed by atoms with Gasteiger partial charge in [-0.3, -0.25) is 19.7 Å². The molecule has 2 aliphatic rings. The van der Waals surface area contributed by atoms with Crippen LogP contribution in [0.2, 0.25) is 0 Å². The van der Waals surface area contributed by atoms with Crippen molar-refractivity contribution in [3.63, 3.8) is 0 Å². The van der Waals surface area contributed by atoms with E-state index in [0.29, 0.717) is 6.42 Å². The lowest BCUT2D eigenvalue weighted by molar-refractivity contribution is -0.151. The van der Waals surface area contributed by atoms with Crippen LogP contribution in [0.15, 0.2) is 0 Å². The van der Waals surface area contributed by atoms with Crippen molar-refractivity contribution in [2.75, 3.05) is 12.4 Å². The summed E-state index contributed by atoms with van der Waals surface area (Å²) < 4.78 is 4.91. The second-order valence-corrected chi connectivity index (χ2v) is 8.97. The van der Waals surface area contributed by atoms with Crippen LogP contribution < -0.4 is 5.32 Å². The van der Waals surface area contributed by atoms with Crippen molar-refractivity contribution in [2.24, 2.45) is 5.92 Å². The Hall–Kier alpha value is -1.81. The van der Waals surface area contributed by atoms with Crippen LogP contribution in [-0.4, -0.2) is 80.7 Å². The van der Waals surface area contributed by atoms with Crippen molar-refractivity contribution in [1.29, 1.82) is 0 Å². The molecule has 1 aliphatic heterocycles. The fourth-order valence-electron chi connectivity index (χ4n) is 4.18. The van der Waals surface area contributed by atoms with E-state index in [2.05, 4.69) is 5.32 Å². The number of likely N-dealkylation sites (tertiary alicyclic amines) is 1. The van der Waals surface area contributed by atoms with E-state index in [4.69, 9.17) is 4.74 Å². The molecule has 29 heavy (non-hydrogen) atoms. The van der Waals surface area contributed by atoms with Gasteiger partial charge in [-0.25, -0.2) is 4.79 Å². The van der Waals surface area contributed by atoms with Gasteiger partial charge in [0.05, 0.1) is 17.9 Å². The summed E-state index contributed by atoms with van der Waals surface area (Å²) in [6.07, 6.45) is 3.11. The van der Waals surface area contributed by atoms with Gasteiger partial charge in [0.1, 0.15) is 12.1 Å². The number of hydrogen-bond donors (Lipinski definition) is 3. The third-order valence-corrected chi connectivity index (χ3v) is 6.85. The molecule has 2 rings (SSSR count). The minimum Gasteiger partial charge on any atom is -0.480 e. The molecule has 10 heteroatoms. The number of thioether (sulfide) groups is 1. The van der Waals surface area contributed by atoms with Crippen molar-refractivity contribution in [3.8, 4) is 0 Å². The Morgan fingerprint density at radius 1 is 1.21 bits per heavy atom. The van der Waals surface area contributed by atoms with Crippen molar-refractivity contribution in [1.82, 2.24) is 10.2 Å². The summed E-state index contributed by atoms with van der Waals surface area (Å²) >= 11 is 1.13. The molecule has 1 amide bonds. The molecule has 0 radical (unpaired) electrons. The number of carboxylic acid groups (broad SMARTS) is 2. The molecule has 6 atom stereocenters. The van der Waals surface area contributed by atoms with Crippen LogP contribution in [0.5, 0.6) is 0 Å². The summed E-state index contributed by atoms with van der Waals surface area (Å²) in [6.45, 7) is 5.14. The summed E-state index contributed by atoms with van der Waals surface area (Å²) in [4.78, 5) is 49.4. The largest absolute Gasteiger partial charge is 0.480 e. The van der Waals surface area contributed by atoms with Crippen LogP contribution in [-0.2, 0) is 23.9 Å². The maximum atomic E-state index is 13.0. The molecule has 2 fully saturated rings. The van der Waals surface area contributed by atoms with Crippen LogP contribution >= 0.6 is 11.8 Å². The molecule has 164 valence electrons. The van der Waals surface area contributed by atoms with Crippen LogP contribution in [0.25, 0.3) is 0 Å². The summed E-state index contributed by atoms with van der Waals surface area (Å²) in [5, 5.41) is 21.3. The Morgan fingerprint density at radius 3 is 2.48 bits per heavy atom. The van der Waals surface area contributed by atoms with Crippen LogP contribution in [0.3, 0.4) is 0 Å². The second kappa shape index (κ2) is 10.3. The maximum absolute atomic E-state index is 13.0. The van der Waals surface area contributed by atoms with Gasteiger partial charge in [-0.05, 0) is 46.0 Å². The molecule has 0 bridgehead atoms. The van der Waals surface area contributed by atoms with Gasteiger partial charge < -0.3 is 19.8 Å². The molecule has 0 aromatic heterocycles. The first-order valence-corrected chi connectivity index (χ1v) is 11.0. The molecule has 0 aromatic carbocycles. The molecule has 0 spiro atoms. The molecule has 1 saturated heterocycles. The molecule has 9 nitrogen and oxygen atoms in total. The molecule has 1 heterocycles. The summed E-state index contributed by atoms with van der Waals surface area (Å²) in [5.74, 6) is -2.69. The lowest BCUT2D eigenvalue weighted by Gasteiger charge is -2.31. The smallest absolute Gasteiger partial charge is 0.326 e. The number of carboxylic acids is 2. The van der Waals surface area contributed by atoms with E-state index >= 15 is 0 Å². The number of aliphatic carboxylic acids is 2. The summed E-state index contributed by atoms with van der Waals surface area (Å²) in [6, 6.07) is -2.85. The van der Waals surface area contributed by atoms with Crippen molar-refractivity contribution in [2.45, 2.75) is 75.9 Å². The van der Waals surface area contributed by atoms with Gasteiger partial charge in [-0.1, -0.05) is 6.42 Å². The zero-order chi connectivity index (χ0) is 21.7. The zero-order valence-electron chi connectivity index (χ0n) is 17.0. The van der Waals surface area contributed by atoms with E-state index in [1.54, 1.807) is 20.8 Å². The molecule has 1 unspecified atom stereocenters. The Balaban J connectivity index is 2.00. The molecular weight excluding hydrogens is 400 g/mol. The highest BCUT2D eigenvalue weighted by Crippen LogP contribution is 2.41. The zero-order valence-corrected chi connectivity index (χ0v) is 17.8. The fourth-order valence-corrected chi connectivity index (χ4v) is 5.11. The van der Waals surface area contributed by atoms with Crippen molar-refractivity contribution >= 4 is 35.6 Å². The number of nitrogens with one attached hydrogen (secondary N) is 1. The number of ether oxygens (including phenoxy) is 1. The predicted molar refractivity (Wildman–Crippen MR) is 107 cm³/mol. The van der Waals surface area contributed by atoms with E-state index in [9.17, 15) is 29.4 Å². The first-order chi connectivity index (χ1) is 13.7. The number of rotatable bonds is 10. The normalized spacial score (nSPS) is 26.4. The number of hydrogen-bond acceptors (Lipinski definition) is 7. The fraction of sp³-hybridized carbons (Fsp3) is 0.789. The predicted octanol–water partition coefficient (Wildman–Crippen LogP) is 0.957. The van der Waals surface area contributed by atoms with Gasteiger partial charge in [-0.15, -0.1) is 11.8 Å². The Morgan fingerprint density at radius 2 is 1.90 bits per heavy atom. The second-order valence-electron chi connectivity index (χ2n) is 7.60. The van der Waals surface area contributed by atoms with E-state index in [0.717, 1.165) is 31.0 Å². The molecule has 1 saturated carbocycles. The number of esters is 1. The van der Waals surface area contributed by atoms with Gasteiger partial charge in [0.15, 0.2) is 0 Å². The maximum Gasteiger partial charge on any atom is 0.326 e. The molecule has 3 N–H and O–H groups in total. The standard InChI is InChI=1S/C19H30N2O7S/c1-4-28-19(27)11(3)29-9-13(17(23)24)20-10(2)16(22)21-14-7-5-6-12(14)8-15(21)18(25)26/h10-15,20H,4-9H2,1-3H3,(H,23,24)(H,25,26)/t10-,11?,12-,13-,14-,15-/m0/s1. The minimum absolute atomic E-state index is 0.0708. The lowest BCUT2D eigenvalue weighted by atomic mass is 10.0. The van der Waals surface area contributed by atoms with Crippen LogP contribution in [0.4, 0.5) is 0 Å². The summed E-state index contributed by atoms with van der Waals surface area (Å²) in [5.41, 5.74) is 0. The Bertz CT molecular complexity index is 644. The third kappa shape index (κ3) is 5.63. The third-order valence-electron chi connectivity index (χ3n) is 5.63. The van der Waals surface area contributed by atoms with E-state index in [1.807, 2.05) is 0 Å². The molecular formula is C19H30N2O7S. The first kappa shape index (κ1) is 23.5. The highest BCUT2D eigenvalue weighted by molar-refractivity contribution is 8.00. The van der Waals surface area contributed by atoms with Crippen molar-refractivity contribution < 1.29 is 34.1 Å². The number of carbonyl (C=O) groups excluding carboxylic acids is 2. The Labute approximate surface area is 174 Å². The number of nitrogens with zero attached hydrogens (tertiary/aromatic N) is 1. The highest BCUT2D eigenvalue weighted by Gasteiger charge is 2.49. The topological polar surface area (TPSA) is 133 Å².